The predicted octanol–water partition coefficient (Wildman–Crippen LogP) is 1.55. The second-order valence-electron chi connectivity index (χ2n) is 3.83. The van der Waals surface area contributed by atoms with Crippen LogP contribution in [-0.2, 0) is 11.3 Å². The molecule has 3 nitrogen and oxygen atoms in total. The average molecular weight is 210 g/mol. The number of aromatic nitrogens is 1. The molecule has 1 aromatic rings. The molecule has 14 heavy (non-hydrogen) atoms. The first-order chi connectivity index (χ1) is 6.75. The number of hydrogen-bond acceptors (Lipinski definition) is 4. The van der Waals surface area contributed by atoms with E-state index < -0.39 is 0 Å². The second kappa shape index (κ2) is 4.19. The molecule has 76 valence electrons. The fourth-order valence-corrected chi connectivity index (χ4v) is 2.33. The van der Waals surface area contributed by atoms with Gasteiger partial charge in [-0.2, -0.15) is 0 Å². The average Bonchev–Trinajstić information content (AvgIpc) is 2.64. The monoisotopic (exact) mass is 210 g/mol. The van der Waals surface area contributed by atoms with Crippen LogP contribution in [-0.4, -0.2) is 28.8 Å². The van der Waals surface area contributed by atoms with E-state index in [0.717, 1.165) is 25.3 Å². The van der Waals surface area contributed by atoms with Crippen molar-refractivity contribution in [3.63, 3.8) is 0 Å². The third-order valence-electron chi connectivity index (χ3n) is 2.63. The van der Waals surface area contributed by atoms with Crippen LogP contribution in [0.15, 0.2) is 10.9 Å². The van der Waals surface area contributed by atoms with Crippen LogP contribution in [0.4, 0.5) is 0 Å². The zero-order valence-corrected chi connectivity index (χ0v) is 9.09. The summed E-state index contributed by atoms with van der Waals surface area (Å²) in [6.45, 7) is 4.67. The minimum absolute atomic E-state index is 0.197. The van der Waals surface area contributed by atoms with Crippen molar-refractivity contribution in [2.75, 3.05) is 13.1 Å². The fraction of sp³-hybridized carbons (Fsp3) is 0.600. The molecule has 0 aromatic carbocycles. The van der Waals surface area contributed by atoms with E-state index in [0.29, 0.717) is 12.2 Å². The molecule has 1 atom stereocenters. The van der Waals surface area contributed by atoms with Crippen molar-refractivity contribution in [2.24, 2.45) is 5.92 Å². The van der Waals surface area contributed by atoms with Crippen LogP contribution in [0.25, 0.3) is 0 Å². The predicted molar refractivity (Wildman–Crippen MR) is 56.2 cm³/mol. The van der Waals surface area contributed by atoms with Crippen LogP contribution < -0.4 is 0 Å². The third-order valence-corrected chi connectivity index (χ3v) is 3.26. The summed E-state index contributed by atoms with van der Waals surface area (Å²) in [5, 5.41) is 2.07. The molecule has 0 N–H and O–H groups in total. The van der Waals surface area contributed by atoms with Crippen LogP contribution in [0.5, 0.6) is 0 Å². The molecule has 1 aliphatic heterocycles. The molecule has 0 spiro atoms. The van der Waals surface area contributed by atoms with Gasteiger partial charge in [-0.1, -0.05) is 6.92 Å². The Morgan fingerprint density at radius 3 is 3.21 bits per heavy atom. The van der Waals surface area contributed by atoms with E-state index in [1.165, 1.54) is 0 Å². The maximum Gasteiger partial charge on any atom is 0.138 e. The zero-order chi connectivity index (χ0) is 9.97. The van der Waals surface area contributed by atoms with Gasteiger partial charge in [-0.25, -0.2) is 4.98 Å². The molecule has 1 unspecified atom stereocenters. The van der Waals surface area contributed by atoms with Gasteiger partial charge in [0.2, 0.25) is 0 Å². The van der Waals surface area contributed by atoms with Gasteiger partial charge in [-0.05, 0) is 0 Å². The largest absolute Gasteiger partial charge is 0.299 e. The van der Waals surface area contributed by atoms with E-state index in [1.807, 2.05) is 12.4 Å². The Labute approximate surface area is 87.8 Å². The molecule has 1 aromatic heterocycles. The number of hydrogen-bond donors (Lipinski definition) is 0. The van der Waals surface area contributed by atoms with E-state index in [9.17, 15) is 4.79 Å². The molecular weight excluding hydrogens is 196 g/mol. The molecule has 0 amide bonds. The number of Topliss-reactive ketones (excluding diaryl/α,β-unsaturated/α-hetero) is 1. The molecule has 1 fully saturated rings. The molecule has 0 saturated carbocycles. The van der Waals surface area contributed by atoms with Gasteiger partial charge >= 0.3 is 0 Å². The van der Waals surface area contributed by atoms with Crippen molar-refractivity contribution in [2.45, 2.75) is 19.9 Å². The van der Waals surface area contributed by atoms with Crippen molar-refractivity contribution in [3.05, 3.63) is 16.6 Å². The number of piperidine rings is 1. The summed E-state index contributed by atoms with van der Waals surface area (Å²) in [5.41, 5.74) is 2.98. The normalized spacial score (nSPS) is 24.1. The Morgan fingerprint density at radius 2 is 2.57 bits per heavy atom. The van der Waals surface area contributed by atoms with E-state index in [-0.39, 0.29) is 5.92 Å². The fourth-order valence-electron chi connectivity index (χ4n) is 1.78. The molecule has 2 heterocycles. The van der Waals surface area contributed by atoms with Gasteiger partial charge in [0.1, 0.15) is 5.78 Å². The molecule has 0 aliphatic carbocycles. The van der Waals surface area contributed by atoms with E-state index in [2.05, 4.69) is 15.3 Å². The highest BCUT2D eigenvalue weighted by Gasteiger charge is 2.23. The Balaban J connectivity index is 1.91. The number of thiazole rings is 1. The highest BCUT2D eigenvalue weighted by Crippen LogP contribution is 2.15. The Hall–Kier alpha value is -0.740. The molecule has 1 aliphatic rings. The number of ketones is 1. The highest BCUT2D eigenvalue weighted by molar-refractivity contribution is 7.07. The van der Waals surface area contributed by atoms with Gasteiger partial charge in [0.25, 0.3) is 0 Å². The van der Waals surface area contributed by atoms with E-state index in [4.69, 9.17) is 0 Å². The number of rotatable bonds is 2. The smallest absolute Gasteiger partial charge is 0.138 e. The van der Waals surface area contributed by atoms with Gasteiger partial charge < -0.3 is 0 Å². The van der Waals surface area contributed by atoms with E-state index >= 15 is 0 Å². The lowest BCUT2D eigenvalue weighted by Gasteiger charge is -2.29. The maximum absolute atomic E-state index is 11.3. The Kier molecular flexibility index (Phi) is 2.93. The number of likely N-dealkylation sites (tertiary alicyclic amines) is 1. The topological polar surface area (TPSA) is 33.2 Å². The second-order valence-corrected chi connectivity index (χ2v) is 4.55. The van der Waals surface area contributed by atoms with Crippen LogP contribution in [0.3, 0.4) is 0 Å². The summed E-state index contributed by atoms with van der Waals surface area (Å²) < 4.78 is 0. The van der Waals surface area contributed by atoms with Gasteiger partial charge in [0.05, 0.1) is 11.2 Å². The third kappa shape index (κ3) is 2.19. The first-order valence-electron chi connectivity index (χ1n) is 4.88. The van der Waals surface area contributed by atoms with Crippen molar-refractivity contribution in [1.29, 1.82) is 0 Å². The molecule has 0 radical (unpaired) electrons. The lowest BCUT2D eigenvalue weighted by atomic mass is 9.99. The first kappa shape index (κ1) is 9.80. The number of carbonyl (C=O) groups excluding carboxylic acids is 1. The first-order valence-corrected chi connectivity index (χ1v) is 5.82. The molecular formula is C10H14N2OS. The lowest BCUT2D eigenvalue weighted by molar-refractivity contribution is -0.125. The van der Waals surface area contributed by atoms with Gasteiger partial charge in [-0.3, -0.25) is 9.69 Å². The summed E-state index contributed by atoms with van der Waals surface area (Å²) in [7, 11) is 0. The van der Waals surface area contributed by atoms with Crippen molar-refractivity contribution in [3.8, 4) is 0 Å². The van der Waals surface area contributed by atoms with Crippen LogP contribution in [0, 0.1) is 5.92 Å². The van der Waals surface area contributed by atoms with Crippen LogP contribution in [0.2, 0.25) is 0 Å². The van der Waals surface area contributed by atoms with Crippen molar-refractivity contribution >= 4 is 17.1 Å². The van der Waals surface area contributed by atoms with Crippen LogP contribution in [0.1, 0.15) is 19.0 Å². The van der Waals surface area contributed by atoms with Crippen LogP contribution >= 0.6 is 11.3 Å². The lowest BCUT2D eigenvalue weighted by Crippen LogP contribution is -2.39. The number of nitrogens with zero attached hydrogens (tertiary/aromatic N) is 2. The summed E-state index contributed by atoms with van der Waals surface area (Å²) in [6.07, 6.45) is 0.700. The summed E-state index contributed by atoms with van der Waals surface area (Å²) >= 11 is 1.62. The standard InChI is InChI=1S/C10H14N2OS/c1-8-4-12(3-2-10(8)13)5-9-6-14-7-11-9/h6-8H,2-5H2,1H3. The van der Waals surface area contributed by atoms with Crippen molar-refractivity contribution < 1.29 is 4.79 Å². The Bertz CT molecular complexity index is 310. The Morgan fingerprint density at radius 1 is 1.71 bits per heavy atom. The van der Waals surface area contributed by atoms with Gasteiger partial charge in [0, 0.05) is 37.4 Å². The van der Waals surface area contributed by atoms with Crippen molar-refractivity contribution in [1.82, 2.24) is 9.88 Å². The summed E-state index contributed by atoms with van der Waals surface area (Å²) in [6, 6.07) is 0. The quantitative estimate of drug-likeness (QED) is 0.742. The molecule has 2 rings (SSSR count). The molecule has 1 saturated heterocycles. The highest BCUT2D eigenvalue weighted by atomic mass is 32.1. The summed E-state index contributed by atoms with van der Waals surface area (Å²) in [5.74, 6) is 0.599. The summed E-state index contributed by atoms with van der Waals surface area (Å²) in [4.78, 5) is 17.9. The minimum Gasteiger partial charge on any atom is -0.299 e. The van der Waals surface area contributed by atoms with Gasteiger partial charge in [-0.15, -0.1) is 11.3 Å². The SMILES string of the molecule is CC1CN(Cc2cscn2)CCC1=O. The zero-order valence-electron chi connectivity index (χ0n) is 8.27. The van der Waals surface area contributed by atoms with Gasteiger partial charge in [0.15, 0.2) is 0 Å². The maximum atomic E-state index is 11.3. The molecule has 4 heteroatoms. The van der Waals surface area contributed by atoms with E-state index in [1.54, 1.807) is 11.3 Å². The number of carbonyl (C=O) groups is 1. The molecule has 0 bridgehead atoms. The minimum atomic E-state index is 0.197.